The molecule has 29 heavy (non-hydrogen) atoms. The molecule has 1 aliphatic heterocycles. The van der Waals surface area contributed by atoms with Crippen molar-refractivity contribution in [2.45, 2.75) is 63.6 Å². The molecule has 6 heteroatoms. The van der Waals surface area contributed by atoms with E-state index in [1.54, 1.807) is 0 Å². The molecule has 1 saturated heterocycles. The predicted molar refractivity (Wildman–Crippen MR) is 108 cm³/mol. The van der Waals surface area contributed by atoms with Crippen LogP contribution in [0.4, 0.5) is 0 Å². The molecule has 0 N–H and O–H groups in total. The summed E-state index contributed by atoms with van der Waals surface area (Å²) in [7, 11) is 0. The van der Waals surface area contributed by atoms with E-state index in [-0.39, 0.29) is 5.79 Å². The summed E-state index contributed by atoms with van der Waals surface area (Å²) < 4.78 is 18.0. The van der Waals surface area contributed by atoms with Crippen molar-refractivity contribution in [1.29, 1.82) is 0 Å². The topological polar surface area (TPSA) is 66.4 Å². The average Bonchev–Trinajstić information content (AvgIpc) is 3.38. The Labute approximate surface area is 172 Å². The molecule has 154 valence electrons. The van der Waals surface area contributed by atoms with Gasteiger partial charge in [0.2, 0.25) is 5.88 Å². The molecule has 3 fully saturated rings. The van der Waals surface area contributed by atoms with E-state index in [4.69, 9.17) is 14.2 Å². The third-order valence-corrected chi connectivity index (χ3v) is 6.57. The molecule has 2 atom stereocenters. The lowest BCUT2D eigenvalue weighted by molar-refractivity contribution is -0.178. The molecule has 0 amide bonds. The molecule has 0 aromatic carbocycles. The third kappa shape index (κ3) is 4.01. The minimum absolute atomic E-state index is 0.342. The van der Waals surface area contributed by atoms with E-state index in [1.807, 2.05) is 19.3 Å². The maximum Gasteiger partial charge on any atom is 0.220 e. The number of nitrogens with zero attached hydrogens (tertiary/aromatic N) is 3. The van der Waals surface area contributed by atoms with Crippen molar-refractivity contribution in [3.8, 4) is 5.88 Å². The minimum Gasteiger partial charge on any atom is -0.477 e. The molecule has 1 unspecified atom stereocenters. The zero-order valence-corrected chi connectivity index (χ0v) is 17.3. The lowest BCUT2D eigenvalue weighted by atomic mass is 9.81. The van der Waals surface area contributed by atoms with Crippen LogP contribution in [0.5, 0.6) is 5.88 Å². The van der Waals surface area contributed by atoms with Gasteiger partial charge in [0.05, 0.1) is 19.8 Å². The molecule has 2 aliphatic carbocycles. The van der Waals surface area contributed by atoms with Gasteiger partial charge in [-0.2, -0.15) is 4.98 Å². The second-order valence-corrected chi connectivity index (χ2v) is 8.73. The van der Waals surface area contributed by atoms with Gasteiger partial charge >= 0.3 is 0 Å². The van der Waals surface area contributed by atoms with E-state index in [2.05, 4.69) is 34.0 Å². The minimum atomic E-state index is -0.342. The Kier molecular flexibility index (Phi) is 5.00. The number of hydrogen-bond donors (Lipinski definition) is 0. The fraction of sp³-hybridized carbons (Fsp3) is 0.609. The Bertz CT molecular complexity index is 854. The number of pyridine rings is 1. The van der Waals surface area contributed by atoms with Crippen molar-refractivity contribution < 1.29 is 14.2 Å². The predicted octanol–water partition coefficient (Wildman–Crippen LogP) is 4.07. The van der Waals surface area contributed by atoms with Gasteiger partial charge in [-0.3, -0.25) is 4.98 Å². The highest BCUT2D eigenvalue weighted by atomic mass is 16.7. The molecular weight excluding hydrogens is 366 g/mol. The zero-order valence-electron chi connectivity index (χ0n) is 17.3. The Balaban J connectivity index is 1.23. The van der Waals surface area contributed by atoms with Crippen molar-refractivity contribution in [1.82, 2.24) is 15.0 Å². The summed E-state index contributed by atoms with van der Waals surface area (Å²) in [5.74, 6) is 2.60. The monoisotopic (exact) mass is 395 g/mol. The summed E-state index contributed by atoms with van der Waals surface area (Å²) in [4.78, 5) is 13.7. The first-order valence-corrected chi connectivity index (χ1v) is 10.8. The largest absolute Gasteiger partial charge is 0.477 e. The first-order valence-electron chi connectivity index (χ1n) is 10.8. The number of aromatic nitrogens is 3. The molecule has 2 saturated carbocycles. The normalized spacial score (nSPS) is 26.0. The third-order valence-electron chi connectivity index (χ3n) is 6.57. The van der Waals surface area contributed by atoms with Crippen molar-refractivity contribution in [3.05, 3.63) is 47.2 Å². The van der Waals surface area contributed by atoms with Crippen LogP contribution < -0.4 is 4.74 Å². The van der Waals surface area contributed by atoms with Crippen LogP contribution in [0, 0.1) is 19.8 Å². The van der Waals surface area contributed by atoms with Gasteiger partial charge in [0.15, 0.2) is 5.79 Å². The Morgan fingerprint density at radius 1 is 1.07 bits per heavy atom. The second kappa shape index (κ2) is 7.65. The highest BCUT2D eigenvalue weighted by Crippen LogP contribution is 2.48. The van der Waals surface area contributed by atoms with Crippen LogP contribution in [-0.2, 0) is 9.47 Å². The van der Waals surface area contributed by atoms with Crippen LogP contribution in [0.1, 0.15) is 66.6 Å². The fourth-order valence-electron chi connectivity index (χ4n) is 4.69. The van der Waals surface area contributed by atoms with Crippen molar-refractivity contribution in [2.24, 2.45) is 5.92 Å². The van der Waals surface area contributed by atoms with Crippen molar-refractivity contribution in [2.75, 3.05) is 19.8 Å². The summed E-state index contributed by atoms with van der Waals surface area (Å²) in [5.41, 5.74) is 3.51. The summed E-state index contributed by atoms with van der Waals surface area (Å²) >= 11 is 0. The van der Waals surface area contributed by atoms with Gasteiger partial charge < -0.3 is 14.2 Å². The number of hydrogen-bond acceptors (Lipinski definition) is 6. The van der Waals surface area contributed by atoms with Gasteiger partial charge in [-0.25, -0.2) is 4.98 Å². The van der Waals surface area contributed by atoms with E-state index >= 15 is 0 Å². The summed E-state index contributed by atoms with van der Waals surface area (Å²) in [6.07, 6.45) is 8.93. The fourth-order valence-corrected chi connectivity index (χ4v) is 4.69. The van der Waals surface area contributed by atoms with Gasteiger partial charge in [-0.15, -0.1) is 0 Å². The van der Waals surface area contributed by atoms with Crippen LogP contribution in [0.2, 0.25) is 0 Å². The standard InChI is InChI=1S/C23H29N3O3/c1-15-3-4-21(25-12-15)19-11-18(19)14-27-22-20(13-24-16(2)26-22)17-5-7-23(8-6-17)28-9-10-29-23/h3-4,12-13,17-19H,5-11,14H2,1-2H3/t18?,19-/m1/s1. The van der Waals surface area contributed by atoms with Crippen LogP contribution >= 0.6 is 0 Å². The molecular formula is C23H29N3O3. The summed E-state index contributed by atoms with van der Waals surface area (Å²) in [6.45, 7) is 6.10. The van der Waals surface area contributed by atoms with Gasteiger partial charge in [0, 0.05) is 48.3 Å². The van der Waals surface area contributed by atoms with Gasteiger partial charge in [-0.05, 0) is 50.7 Å². The van der Waals surface area contributed by atoms with Crippen molar-refractivity contribution >= 4 is 0 Å². The lowest BCUT2D eigenvalue weighted by Crippen LogP contribution is -2.34. The Morgan fingerprint density at radius 2 is 1.86 bits per heavy atom. The molecule has 3 heterocycles. The summed E-state index contributed by atoms with van der Waals surface area (Å²) in [5, 5.41) is 0. The van der Waals surface area contributed by atoms with E-state index in [9.17, 15) is 0 Å². The van der Waals surface area contributed by atoms with Gasteiger partial charge in [0.1, 0.15) is 5.82 Å². The van der Waals surface area contributed by atoms with Gasteiger partial charge in [-0.1, -0.05) is 6.07 Å². The Hall–Kier alpha value is -2.05. The summed E-state index contributed by atoms with van der Waals surface area (Å²) in [6, 6.07) is 4.28. The first kappa shape index (κ1) is 18.9. The van der Waals surface area contributed by atoms with E-state index in [0.717, 1.165) is 49.4 Å². The first-order chi connectivity index (χ1) is 14.1. The van der Waals surface area contributed by atoms with Crippen molar-refractivity contribution in [3.63, 3.8) is 0 Å². The zero-order chi connectivity index (χ0) is 19.8. The molecule has 0 bridgehead atoms. The number of ether oxygens (including phenoxy) is 3. The van der Waals surface area contributed by atoms with E-state index < -0.39 is 0 Å². The van der Waals surface area contributed by atoms with Crippen LogP contribution in [0.25, 0.3) is 0 Å². The number of rotatable bonds is 5. The molecule has 2 aromatic rings. The molecule has 6 nitrogen and oxygen atoms in total. The maximum atomic E-state index is 6.25. The molecule has 5 rings (SSSR count). The Morgan fingerprint density at radius 3 is 2.59 bits per heavy atom. The molecule has 3 aliphatic rings. The maximum absolute atomic E-state index is 6.25. The molecule has 1 spiro atoms. The quantitative estimate of drug-likeness (QED) is 0.760. The lowest BCUT2D eigenvalue weighted by Gasteiger charge is -2.35. The van der Waals surface area contributed by atoms with Crippen LogP contribution in [0.15, 0.2) is 24.5 Å². The average molecular weight is 396 g/mol. The van der Waals surface area contributed by atoms with Crippen LogP contribution in [-0.4, -0.2) is 40.6 Å². The van der Waals surface area contributed by atoms with Gasteiger partial charge in [0.25, 0.3) is 0 Å². The smallest absolute Gasteiger partial charge is 0.220 e. The number of aryl methyl sites for hydroxylation is 2. The van der Waals surface area contributed by atoms with Crippen LogP contribution in [0.3, 0.4) is 0 Å². The SMILES string of the molecule is Cc1ccc([C@@H]2CC2COc2nc(C)ncc2C2CCC3(CC2)OCCO3)nc1. The second-order valence-electron chi connectivity index (χ2n) is 8.73. The van der Waals surface area contributed by atoms with E-state index in [0.29, 0.717) is 37.6 Å². The highest BCUT2D eigenvalue weighted by molar-refractivity contribution is 5.29. The van der Waals surface area contributed by atoms with E-state index in [1.165, 1.54) is 11.3 Å². The molecule has 0 radical (unpaired) electrons. The molecule has 2 aromatic heterocycles. The highest BCUT2D eigenvalue weighted by Gasteiger charge is 2.42.